The van der Waals surface area contributed by atoms with Gasteiger partial charge in [0.2, 0.25) is 0 Å². The van der Waals surface area contributed by atoms with Crippen LogP contribution in [0.5, 0.6) is 0 Å². The molecule has 0 bridgehead atoms. The molecule has 0 aliphatic rings. The maximum Gasteiger partial charge on any atom is 0.0780 e. The predicted molar refractivity (Wildman–Crippen MR) is 86.1 cm³/mol. The summed E-state index contributed by atoms with van der Waals surface area (Å²) in [6.07, 6.45) is 1.99. The maximum atomic E-state index is 4.70. The van der Waals surface area contributed by atoms with Gasteiger partial charge in [-0.05, 0) is 56.3 Å². The lowest BCUT2D eigenvalue weighted by Gasteiger charge is -2.11. The minimum absolute atomic E-state index is 1.08. The Labute approximate surface area is 120 Å². The topological polar surface area (TPSA) is 12.9 Å². The van der Waals surface area contributed by atoms with Crippen LogP contribution in [0.1, 0.15) is 22.3 Å². The summed E-state index contributed by atoms with van der Waals surface area (Å²) in [4.78, 5) is 4.70. The zero-order chi connectivity index (χ0) is 14.3. The van der Waals surface area contributed by atoms with Crippen molar-refractivity contribution < 1.29 is 0 Å². The van der Waals surface area contributed by atoms with E-state index in [1.165, 1.54) is 38.6 Å². The van der Waals surface area contributed by atoms with Gasteiger partial charge in [0.15, 0.2) is 0 Å². The molecule has 0 unspecified atom stereocenters. The molecule has 0 N–H and O–H groups in total. The number of aromatic nitrogens is 1. The minimum Gasteiger partial charge on any atom is -0.255 e. The minimum atomic E-state index is 1.08. The van der Waals surface area contributed by atoms with Crippen molar-refractivity contribution in [3.8, 4) is 11.3 Å². The number of hydrogen-bond acceptors (Lipinski definition) is 1. The molecule has 1 aromatic heterocycles. The first-order chi connectivity index (χ1) is 9.56. The Bertz CT molecular complexity index is 772. The fourth-order valence-electron chi connectivity index (χ4n) is 3.03. The SMILES string of the molecule is Cc1cc(C)cc(-c2ncc(C)c3c(C)cccc23)c1. The first kappa shape index (κ1) is 12.9. The first-order valence-electron chi connectivity index (χ1n) is 7.00. The molecule has 0 fully saturated rings. The number of rotatable bonds is 1. The summed E-state index contributed by atoms with van der Waals surface area (Å²) in [5.74, 6) is 0. The highest BCUT2D eigenvalue weighted by molar-refractivity contribution is 5.98. The Morgan fingerprint density at radius 2 is 1.50 bits per heavy atom. The lowest BCUT2D eigenvalue weighted by Crippen LogP contribution is -1.92. The second kappa shape index (κ2) is 4.75. The summed E-state index contributed by atoms with van der Waals surface area (Å²) in [6, 6.07) is 13.1. The van der Waals surface area contributed by atoms with Gasteiger partial charge in [-0.3, -0.25) is 4.98 Å². The van der Waals surface area contributed by atoms with Crippen LogP contribution in [0.2, 0.25) is 0 Å². The van der Waals surface area contributed by atoms with Gasteiger partial charge in [0.05, 0.1) is 5.69 Å². The first-order valence-corrected chi connectivity index (χ1v) is 7.00. The van der Waals surface area contributed by atoms with E-state index < -0.39 is 0 Å². The molecule has 0 saturated carbocycles. The molecule has 0 saturated heterocycles. The number of benzene rings is 2. The van der Waals surface area contributed by atoms with Gasteiger partial charge in [-0.25, -0.2) is 0 Å². The zero-order valence-electron chi connectivity index (χ0n) is 12.5. The summed E-state index contributed by atoms with van der Waals surface area (Å²) >= 11 is 0. The average Bonchev–Trinajstić information content (AvgIpc) is 2.38. The summed E-state index contributed by atoms with van der Waals surface area (Å²) < 4.78 is 0. The van der Waals surface area contributed by atoms with E-state index >= 15 is 0 Å². The van der Waals surface area contributed by atoms with Crippen LogP contribution < -0.4 is 0 Å². The summed E-state index contributed by atoms with van der Waals surface area (Å²) in [5.41, 5.74) is 7.41. The summed E-state index contributed by atoms with van der Waals surface area (Å²) in [6.45, 7) is 8.57. The molecule has 1 nitrogen and oxygen atoms in total. The summed E-state index contributed by atoms with van der Waals surface area (Å²) in [7, 11) is 0. The number of aryl methyl sites for hydroxylation is 4. The molecule has 0 radical (unpaired) electrons. The number of nitrogens with zero attached hydrogens (tertiary/aromatic N) is 1. The van der Waals surface area contributed by atoms with Crippen molar-refractivity contribution in [2.24, 2.45) is 0 Å². The van der Waals surface area contributed by atoms with Gasteiger partial charge in [0.1, 0.15) is 0 Å². The van der Waals surface area contributed by atoms with Crippen LogP contribution in [0, 0.1) is 27.7 Å². The van der Waals surface area contributed by atoms with Gasteiger partial charge in [0, 0.05) is 17.1 Å². The van der Waals surface area contributed by atoms with Crippen LogP contribution in [0.25, 0.3) is 22.0 Å². The second-order valence-corrected chi connectivity index (χ2v) is 5.66. The fraction of sp³-hybridized carbons (Fsp3) is 0.211. The van der Waals surface area contributed by atoms with Crippen molar-refractivity contribution in [3.63, 3.8) is 0 Å². The molecule has 0 atom stereocenters. The highest BCUT2D eigenvalue weighted by Crippen LogP contribution is 2.31. The lowest BCUT2D eigenvalue weighted by atomic mass is 9.96. The van der Waals surface area contributed by atoms with E-state index in [0.717, 1.165) is 5.69 Å². The van der Waals surface area contributed by atoms with Crippen molar-refractivity contribution >= 4 is 10.8 Å². The van der Waals surface area contributed by atoms with Gasteiger partial charge >= 0.3 is 0 Å². The third kappa shape index (κ3) is 2.09. The predicted octanol–water partition coefficient (Wildman–Crippen LogP) is 5.14. The lowest BCUT2D eigenvalue weighted by molar-refractivity contribution is 1.28. The Balaban J connectivity index is 2.37. The van der Waals surface area contributed by atoms with E-state index in [4.69, 9.17) is 4.98 Å². The summed E-state index contributed by atoms with van der Waals surface area (Å²) in [5, 5.41) is 2.58. The highest BCUT2D eigenvalue weighted by atomic mass is 14.7. The van der Waals surface area contributed by atoms with E-state index in [1.54, 1.807) is 0 Å². The molecular weight excluding hydrogens is 242 g/mol. The number of hydrogen-bond donors (Lipinski definition) is 0. The van der Waals surface area contributed by atoms with Crippen molar-refractivity contribution in [2.45, 2.75) is 27.7 Å². The van der Waals surface area contributed by atoms with Crippen molar-refractivity contribution in [3.05, 3.63) is 64.8 Å². The van der Waals surface area contributed by atoms with Crippen LogP contribution in [0.15, 0.2) is 42.6 Å². The average molecular weight is 261 g/mol. The number of pyridine rings is 1. The third-order valence-corrected chi connectivity index (χ3v) is 3.80. The van der Waals surface area contributed by atoms with Crippen LogP contribution >= 0.6 is 0 Å². The van der Waals surface area contributed by atoms with Gasteiger partial charge in [0.25, 0.3) is 0 Å². The Morgan fingerprint density at radius 1 is 0.800 bits per heavy atom. The van der Waals surface area contributed by atoms with Gasteiger partial charge in [-0.1, -0.05) is 35.4 Å². The smallest absolute Gasteiger partial charge is 0.0780 e. The van der Waals surface area contributed by atoms with Crippen molar-refractivity contribution in [1.29, 1.82) is 0 Å². The normalized spacial score (nSPS) is 11.0. The monoisotopic (exact) mass is 261 g/mol. The molecule has 0 aliphatic heterocycles. The molecule has 1 heteroatoms. The van der Waals surface area contributed by atoms with E-state index in [0.29, 0.717) is 0 Å². The van der Waals surface area contributed by atoms with Crippen LogP contribution in [0.4, 0.5) is 0 Å². The van der Waals surface area contributed by atoms with Gasteiger partial charge < -0.3 is 0 Å². The van der Waals surface area contributed by atoms with E-state index in [1.807, 2.05) is 6.20 Å². The largest absolute Gasteiger partial charge is 0.255 e. The van der Waals surface area contributed by atoms with Crippen molar-refractivity contribution in [1.82, 2.24) is 4.98 Å². The molecule has 0 amide bonds. The Morgan fingerprint density at radius 3 is 2.20 bits per heavy atom. The molecule has 0 spiro atoms. The Kier molecular flexibility index (Phi) is 3.06. The fourth-order valence-corrected chi connectivity index (χ4v) is 3.03. The standard InChI is InChI=1S/C19H19N/c1-12-8-13(2)10-16(9-12)19-17-7-5-6-14(3)18(17)15(4)11-20-19/h5-11H,1-4H3. The van der Waals surface area contributed by atoms with Gasteiger partial charge in [-0.2, -0.15) is 0 Å². The third-order valence-electron chi connectivity index (χ3n) is 3.80. The molecule has 100 valence electrons. The van der Waals surface area contributed by atoms with Crippen LogP contribution in [-0.2, 0) is 0 Å². The van der Waals surface area contributed by atoms with E-state index in [-0.39, 0.29) is 0 Å². The zero-order valence-corrected chi connectivity index (χ0v) is 12.5. The maximum absolute atomic E-state index is 4.70. The van der Waals surface area contributed by atoms with E-state index in [2.05, 4.69) is 64.1 Å². The molecule has 1 heterocycles. The molecule has 3 rings (SSSR count). The second-order valence-electron chi connectivity index (χ2n) is 5.66. The van der Waals surface area contributed by atoms with E-state index in [9.17, 15) is 0 Å². The Hall–Kier alpha value is -2.15. The molecule has 2 aromatic carbocycles. The van der Waals surface area contributed by atoms with Gasteiger partial charge in [-0.15, -0.1) is 0 Å². The quantitative estimate of drug-likeness (QED) is 0.591. The van der Waals surface area contributed by atoms with Crippen LogP contribution in [-0.4, -0.2) is 4.98 Å². The highest BCUT2D eigenvalue weighted by Gasteiger charge is 2.09. The molecule has 20 heavy (non-hydrogen) atoms. The van der Waals surface area contributed by atoms with Crippen molar-refractivity contribution in [2.75, 3.05) is 0 Å². The number of fused-ring (bicyclic) bond motifs is 1. The molecule has 3 aromatic rings. The molecule has 0 aliphatic carbocycles. The molecular formula is C19H19N. The van der Waals surface area contributed by atoms with Crippen LogP contribution in [0.3, 0.4) is 0 Å².